The summed E-state index contributed by atoms with van der Waals surface area (Å²) in [6.45, 7) is 2.47. The number of rotatable bonds is 6. The van der Waals surface area contributed by atoms with E-state index in [0.29, 0.717) is 12.3 Å². The summed E-state index contributed by atoms with van der Waals surface area (Å²) in [6, 6.07) is 5.98. The van der Waals surface area contributed by atoms with Gasteiger partial charge in [0.1, 0.15) is 0 Å². The number of thiophene rings is 1. The first-order valence-corrected chi connectivity index (χ1v) is 9.68. The minimum Gasteiger partial charge on any atom is -0.348 e. The summed E-state index contributed by atoms with van der Waals surface area (Å²) in [4.78, 5) is 21.6. The van der Waals surface area contributed by atoms with Crippen LogP contribution in [0.15, 0.2) is 28.2 Å². The van der Waals surface area contributed by atoms with Gasteiger partial charge in [0.2, 0.25) is 5.82 Å². The Morgan fingerprint density at radius 2 is 2.30 bits per heavy atom. The Hall–Kier alpha value is -1.45. The van der Waals surface area contributed by atoms with Gasteiger partial charge < -0.3 is 5.32 Å². The number of carbonyl (C=O) groups excluding carboxylic acids is 1. The highest BCUT2D eigenvalue weighted by Crippen LogP contribution is 2.25. The predicted molar refractivity (Wildman–Crippen MR) is 96.0 cm³/mol. The molecule has 0 saturated carbocycles. The summed E-state index contributed by atoms with van der Waals surface area (Å²) in [5.74, 6) is 2.11. The quantitative estimate of drug-likeness (QED) is 0.631. The smallest absolute Gasteiger partial charge is 0.291 e. The molecule has 0 aliphatic carbocycles. The fraction of sp³-hybridized carbons (Fsp3) is 0.286. The van der Waals surface area contributed by atoms with Gasteiger partial charge in [-0.1, -0.05) is 0 Å². The lowest BCUT2D eigenvalue weighted by molar-refractivity contribution is 0.0946. The second-order valence-electron chi connectivity index (χ2n) is 4.75. The number of nitrogens with one attached hydrogen (secondary N) is 1. The molecule has 0 spiro atoms. The zero-order chi connectivity index (χ0) is 16.2. The number of nitrogens with zero attached hydrogens (tertiary/aromatic N) is 4. The molecule has 3 aromatic rings. The van der Waals surface area contributed by atoms with Crippen molar-refractivity contribution in [3.8, 4) is 0 Å². The van der Waals surface area contributed by atoms with Gasteiger partial charge in [0.25, 0.3) is 11.7 Å². The van der Waals surface area contributed by atoms with E-state index in [1.807, 2.05) is 19.1 Å². The number of aryl methyl sites for hydroxylation is 1. The van der Waals surface area contributed by atoms with Gasteiger partial charge in [-0.05, 0) is 41.1 Å². The molecule has 0 aliphatic heterocycles. The summed E-state index contributed by atoms with van der Waals surface area (Å²) >= 11 is 6.96. The van der Waals surface area contributed by atoms with Gasteiger partial charge in [-0.2, -0.15) is 16.7 Å². The molecule has 6 nitrogen and oxygen atoms in total. The van der Waals surface area contributed by atoms with Crippen LogP contribution in [0.3, 0.4) is 0 Å². The lowest BCUT2D eigenvalue weighted by atomic mass is 10.5. The summed E-state index contributed by atoms with van der Waals surface area (Å²) in [5.41, 5.74) is 0.888. The molecule has 0 fully saturated rings. The standard InChI is InChI=1S/C14H14BrN5OS2/c1-9-4-5-17-14-18-12(19-20(9)14)13(21)16-6-7-22-8-10-2-3-11(15)23-10/h2-5H,6-8H2,1H3,(H,16,21). The van der Waals surface area contributed by atoms with Crippen LogP contribution in [-0.4, -0.2) is 37.8 Å². The van der Waals surface area contributed by atoms with Crippen LogP contribution >= 0.6 is 39.0 Å². The van der Waals surface area contributed by atoms with Crippen molar-refractivity contribution in [1.82, 2.24) is 24.9 Å². The van der Waals surface area contributed by atoms with Crippen molar-refractivity contribution >= 4 is 50.7 Å². The Balaban J connectivity index is 1.48. The normalized spacial score (nSPS) is 11.0. The number of aromatic nitrogens is 4. The minimum absolute atomic E-state index is 0.152. The first-order valence-electron chi connectivity index (χ1n) is 6.92. The van der Waals surface area contributed by atoms with Crippen molar-refractivity contribution < 1.29 is 4.79 Å². The molecule has 0 radical (unpaired) electrons. The highest BCUT2D eigenvalue weighted by Gasteiger charge is 2.13. The van der Waals surface area contributed by atoms with E-state index in [1.165, 1.54) is 4.88 Å². The van der Waals surface area contributed by atoms with Gasteiger partial charge in [-0.25, -0.2) is 9.50 Å². The maximum absolute atomic E-state index is 12.1. The van der Waals surface area contributed by atoms with E-state index < -0.39 is 0 Å². The van der Waals surface area contributed by atoms with Crippen LogP contribution in [0.1, 0.15) is 21.2 Å². The molecule has 3 aromatic heterocycles. The van der Waals surface area contributed by atoms with Crippen molar-refractivity contribution in [2.45, 2.75) is 12.7 Å². The highest BCUT2D eigenvalue weighted by molar-refractivity contribution is 9.11. The van der Waals surface area contributed by atoms with E-state index in [1.54, 1.807) is 33.8 Å². The maximum Gasteiger partial charge on any atom is 0.291 e. The predicted octanol–water partition coefficient (Wildman–Crippen LogP) is 2.92. The molecule has 3 heterocycles. The number of hydrogen-bond acceptors (Lipinski definition) is 6. The van der Waals surface area contributed by atoms with E-state index >= 15 is 0 Å². The summed E-state index contributed by atoms with van der Waals surface area (Å²) in [7, 11) is 0. The Kier molecular flexibility index (Phi) is 5.29. The van der Waals surface area contributed by atoms with Gasteiger partial charge >= 0.3 is 0 Å². The third-order valence-electron chi connectivity index (χ3n) is 3.04. The van der Waals surface area contributed by atoms with E-state index in [4.69, 9.17) is 0 Å². The second-order valence-corrected chi connectivity index (χ2v) is 8.40. The van der Waals surface area contributed by atoms with Gasteiger partial charge in [-0.15, -0.1) is 16.4 Å². The molecule has 0 aliphatic rings. The zero-order valence-corrected chi connectivity index (χ0v) is 15.5. The van der Waals surface area contributed by atoms with Gasteiger partial charge in [0.05, 0.1) is 3.79 Å². The van der Waals surface area contributed by atoms with E-state index in [0.717, 1.165) is 21.0 Å². The van der Waals surface area contributed by atoms with Crippen LogP contribution in [0.5, 0.6) is 0 Å². The lowest BCUT2D eigenvalue weighted by Gasteiger charge is -2.01. The number of thioether (sulfide) groups is 1. The molecule has 0 saturated heterocycles. The number of hydrogen-bond donors (Lipinski definition) is 1. The highest BCUT2D eigenvalue weighted by atomic mass is 79.9. The topological polar surface area (TPSA) is 72.2 Å². The Labute approximate surface area is 149 Å². The van der Waals surface area contributed by atoms with Crippen molar-refractivity contribution in [3.05, 3.63) is 44.6 Å². The second kappa shape index (κ2) is 7.41. The maximum atomic E-state index is 12.1. The SMILES string of the molecule is Cc1ccnc2nc(C(=O)NCCSCc3ccc(Br)s3)nn12. The number of halogens is 1. The van der Waals surface area contributed by atoms with E-state index in [-0.39, 0.29) is 11.7 Å². The van der Waals surface area contributed by atoms with Crippen molar-refractivity contribution in [3.63, 3.8) is 0 Å². The third-order valence-corrected chi connectivity index (χ3v) is 5.85. The van der Waals surface area contributed by atoms with E-state index in [2.05, 4.69) is 42.4 Å². The molecule has 9 heteroatoms. The zero-order valence-electron chi connectivity index (χ0n) is 12.3. The molecule has 1 amide bonds. The molecule has 23 heavy (non-hydrogen) atoms. The van der Waals surface area contributed by atoms with Crippen LogP contribution in [-0.2, 0) is 5.75 Å². The molecular formula is C14H14BrN5OS2. The molecule has 0 unspecified atom stereocenters. The Morgan fingerprint density at radius 1 is 1.43 bits per heavy atom. The average Bonchev–Trinajstić information content (AvgIpc) is 3.14. The average molecular weight is 412 g/mol. The van der Waals surface area contributed by atoms with Crippen LogP contribution in [0, 0.1) is 6.92 Å². The van der Waals surface area contributed by atoms with E-state index in [9.17, 15) is 4.79 Å². The fourth-order valence-electron chi connectivity index (χ4n) is 1.92. The first kappa shape index (κ1) is 16.4. The summed E-state index contributed by atoms with van der Waals surface area (Å²) in [6.07, 6.45) is 1.65. The van der Waals surface area contributed by atoms with Gasteiger partial charge in [-0.3, -0.25) is 4.79 Å². The van der Waals surface area contributed by atoms with Gasteiger partial charge in [0, 0.05) is 34.8 Å². The summed E-state index contributed by atoms with van der Waals surface area (Å²) < 4.78 is 2.71. The summed E-state index contributed by atoms with van der Waals surface area (Å²) in [5, 5.41) is 7.02. The Morgan fingerprint density at radius 3 is 3.04 bits per heavy atom. The molecule has 0 aromatic carbocycles. The Bertz CT molecular complexity index is 832. The van der Waals surface area contributed by atoms with Crippen molar-refractivity contribution in [2.24, 2.45) is 0 Å². The first-order chi connectivity index (χ1) is 11.1. The van der Waals surface area contributed by atoms with Crippen LogP contribution in [0.25, 0.3) is 5.78 Å². The molecule has 0 bridgehead atoms. The largest absolute Gasteiger partial charge is 0.348 e. The number of amides is 1. The monoisotopic (exact) mass is 411 g/mol. The number of carbonyl (C=O) groups is 1. The molecule has 120 valence electrons. The van der Waals surface area contributed by atoms with Crippen molar-refractivity contribution in [1.29, 1.82) is 0 Å². The van der Waals surface area contributed by atoms with Gasteiger partial charge in [0.15, 0.2) is 0 Å². The molecule has 0 atom stereocenters. The lowest BCUT2D eigenvalue weighted by Crippen LogP contribution is -2.26. The van der Waals surface area contributed by atoms with Crippen molar-refractivity contribution in [2.75, 3.05) is 12.3 Å². The third kappa shape index (κ3) is 4.10. The van der Waals surface area contributed by atoms with Crippen LogP contribution in [0.4, 0.5) is 0 Å². The number of fused-ring (bicyclic) bond motifs is 1. The van der Waals surface area contributed by atoms with Crippen LogP contribution < -0.4 is 5.32 Å². The fourth-order valence-corrected chi connectivity index (χ4v) is 4.37. The minimum atomic E-state index is -0.269. The molecular weight excluding hydrogens is 398 g/mol. The van der Waals surface area contributed by atoms with Crippen LogP contribution in [0.2, 0.25) is 0 Å². The molecule has 3 rings (SSSR count). The molecule has 1 N–H and O–H groups in total.